The van der Waals surface area contributed by atoms with Crippen LogP contribution in [0.15, 0.2) is 60.7 Å². The van der Waals surface area contributed by atoms with E-state index < -0.39 is 77.6 Å². The van der Waals surface area contributed by atoms with Gasteiger partial charge < -0.3 is 29.2 Å². The number of likely N-dealkylation sites (N-methyl/N-ethyl adjacent to an activating group) is 1. The summed E-state index contributed by atoms with van der Waals surface area (Å²) in [5.74, 6) is -4.52. The van der Waals surface area contributed by atoms with E-state index in [1.54, 1.807) is 62.3 Å². The summed E-state index contributed by atoms with van der Waals surface area (Å²) in [5.41, 5.74) is 0.819. The summed E-state index contributed by atoms with van der Waals surface area (Å²) < 4.78 is 22.3. The van der Waals surface area contributed by atoms with Crippen LogP contribution in [-0.2, 0) is 51.2 Å². The van der Waals surface area contributed by atoms with Crippen molar-refractivity contribution in [2.45, 2.75) is 105 Å². The number of hydrogen-bond acceptors (Lipinski definition) is 9. The van der Waals surface area contributed by atoms with Gasteiger partial charge in [0.25, 0.3) is 5.91 Å². The molecule has 11 nitrogen and oxygen atoms in total. The zero-order chi connectivity index (χ0) is 36.2. The molecular weight excluding hydrogens is 616 g/mol. The Morgan fingerprint density at radius 3 is 1.77 bits per heavy atom. The average Bonchev–Trinajstić information content (AvgIpc) is 3.01. The van der Waals surface area contributed by atoms with E-state index in [1.807, 2.05) is 60.7 Å². The second-order valence-corrected chi connectivity index (χ2v) is 13.7. The van der Waals surface area contributed by atoms with E-state index in [9.17, 15) is 24.0 Å². The Hall–Kier alpha value is -4.41. The van der Waals surface area contributed by atoms with E-state index in [-0.39, 0.29) is 13.0 Å². The van der Waals surface area contributed by atoms with Gasteiger partial charge in [0.05, 0.1) is 5.92 Å². The molecule has 0 spiro atoms. The van der Waals surface area contributed by atoms with Crippen LogP contribution in [0.25, 0.3) is 0 Å². The number of nitrogens with zero attached hydrogens (tertiary/aromatic N) is 1. The largest absolute Gasteiger partial charge is 0.458 e. The summed E-state index contributed by atoms with van der Waals surface area (Å²) in [6.07, 6.45) is -3.11. The molecule has 11 heteroatoms. The normalized spacial score (nSPS) is 14.6. The van der Waals surface area contributed by atoms with Gasteiger partial charge in [-0.3, -0.25) is 9.59 Å². The Balaban J connectivity index is 2.20. The minimum absolute atomic E-state index is 0.000279. The predicted molar refractivity (Wildman–Crippen MR) is 180 cm³/mol. The number of amides is 2. The van der Waals surface area contributed by atoms with Crippen molar-refractivity contribution in [3.05, 3.63) is 71.8 Å². The smallest absolute Gasteiger partial charge is 0.407 e. The monoisotopic (exact) mass is 668 g/mol. The molecule has 0 aliphatic heterocycles. The number of ether oxygens (including phenoxy) is 4. The van der Waals surface area contributed by atoms with Crippen LogP contribution in [0.5, 0.6) is 0 Å². The molecule has 48 heavy (non-hydrogen) atoms. The van der Waals surface area contributed by atoms with Gasteiger partial charge in [0.15, 0.2) is 6.10 Å². The fourth-order valence-electron chi connectivity index (χ4n) is 4.77. The molecule has 264 valence electrons. The van der Waals surface area contributed by atoms with Gasteiger partial charge in [0, 0.05) is 19.5 Å². The zero-order valence-corrected chi connectivity index (χ0v) is 29.9. The molecule has 2 aromatic rings. The Kier molecular flexibility index (Phi) is 15.1. The van der Waals surface area contributed by atoms with Crippen LogP contribution in [0.2, 0.25) is 0 Å². The quantitative estimate of drug-likeness (QED) is 0.193. The fourth-order valence-corrected chi connectivity index (χ4v) is 4.77. The maximum Gasteiger partial charge on any atom is 0.407 e. The minimum Gasteiger partial charge on any atom is -0.458 e. The van der Waals surface area contributed by atoms with Gasteiger partial charge in [0.1, 0.15) is 18.2 Å². The van der Waals surface area contributed by atoms with Gasteiger partial charge in [-0.1, -0.05) is 88.4 Å². The van der Waals surface area contributed by atoms with Gasteiger partial charge in [0.2, 0.25) is 6.10 Å². The minimum atomic E-state index is -1.27. The first-order valence-electron chi connectivity index (χ1n) is 16.3. The average molecular weight is 669 g/mol. The standard InChI is InChI=1S/C37H52N2O9/c1-23(2)30(35(43)46-29(21-27-17-13-11-14-18-27)34(42)45-22-28-19-15-12-16-20-28)39(10)32(40)31(24(3)4)47-33(41)25(5)26(6)38-36(44)48-37(7,8)9/h11-20,23-26,29-31H,21-22H2,1-10H3,(H,38,44)/t25-,26-,29+,30+,31+/m1/s1. The van der Waals surface area contributed by atoms with Crippen molar-refractivity contribution in [1.82, 2.24) is 10.2 Å². The van der Waals surface area contributed by atoms with Crippen molar-refractivity contribution in [2.24, 2.45) is 17.8 Å². The molecule has 2 aromatic carbocycles. The lowest BCUT2D eigenvalue weighted by atomic mass is 9.99. The number of rotatable bonds is 15. The SMILES string of the molecule is CC(C)[C@H](OC(=O)[C@H](C)[C@@H](C)NC(=O)OC(C)(C)C)C(=O)N(C)[C@H](C(=O)O[C@@H](Cc1ccccc1)C(=O)OCc1ccccc1)C(C)C. The van der Waals surface area contributed by atoms with Crippen molar-refractivity contribution in [2.75, 3.05) is 7.05 Å². The fraction of sp³-hybridized carbons (Fsp3) is 0.541. The van der Waals surface area contributed by atoms with Crippen molar-refractivity contribution in [3.8, 4) is 0 Å². The van der Waals surface area contributed by atoms with Crippen molar-refractivity contribution in [1.29, 1.82) is 0 Å². The Morgan fingerprint density at radius 2 is 1.27 bits per heavy atom. The molecule has 5 atom stereocenters. The molecule has 0 heterocycles. The second kappa shape index (κ2) is 18.2. The highest BCUT2D eigenvalue weighted by Crippen LogP contribution is 2.21. The van der Waals surface area contributed by atoms with Crippen LogP contribution in [0.3, 0.4) is 0 Å². The number of carbonyl (C=O) groups excluding carboxylic acids is 5. The molecule has 0 bridgehead atoms. The van der Waals surface area contributed by atoms with Crippen LogP contribution < -0.4 is 5.32 Å². The maximum atomic E-state index is 13.8. The maximum absolute atomic E-state index is 13.8. The highest BCUT2D eigenvalue weighted by atomic mass is 16.6. The van der Waals surface area contributed by atoms with Gasteiger partial charge in [-0.2, -0.15) is 0 Å². The molecule has 0 saturated carbocycles. The number of nitrogens with one attached hydrogen (secondary N) is 1. The first-order valence-corrected chi connectivity index (χ1v) is 16.3. The van der Waals surface area contributed by atoms with E-state index in [4.69, 9.17) is 18.9 Å². The lowest BCUT2D eigenvalue weighted by Gasteiger charge is -2.34. The highest BCUT2D eigenvalue weighted by Gasteiger charge is 2.40. The number of alkyl carbamates (subject to hydrolysis) is 1. The molecule has 0 fully saturated rings. The molecular formula is C37H52N2O9. The van der Waals surface area contributed by atoms with Crippen LogP contribution >= 0.6 is 0 Å². The van der Waals surface area contributed by atoms with E-state index in [0.29, 0.717) is 0 Å². The summed E-state index contributed by atoms with van der Waals surface area (Å²) in [6.45, 7) is 15.3. The first-order chi connectivity index (χ1) is 22.4. The lowest BCUT2D eigenvalue weighted by Crippen LogP contribution is -2.53. The second-order valence-electron chi connectivity index (χ2n) is 13.7. The summed E-state index contributed by atoms with van der Waals surface area (Å²) in [7, 11) is 1.44. The van der Waals surface area contributed by atoms with Gasteiger partial charge >= 0.3 is 24.0 Å². The number of hydrogen-bond donors (Lipinski definition) is 1. The molecule has 0 aliphatic carbocycles. The Bertz CT molecular complexity index is 1360. The van der Waals surface area contributed by atoms with E-state index in [1.165, 1.54) is 11.9 Å². The Morgan fingerprint density at radius 1 is 0.729 bits per heavy atom. The molecule has 0 unspecified atom stereocenters. The molecule has 0 radical (unpaired) electrons. The third kappa shape index (κ3) is 12.7. The molecule has 0 saturated heterocycles. The van der Waals surface area contributed by atoms with Gasteiger partial charge in [-0.15, -0.1) is 0 Å². The lowest BCUT2D eigenvalue weighted by molar-refractivity contribution is -0.177. The summed E-state index contributed by atoms with van der Waals surface area (Å²) in [6, 6.07) is 16.5. The van der Waals surface area contributed by atoms with Gasteiger partial charge in [-0.05, 0) is 57.6 Å². The van der Waals surface area contributed by atoms with Crippen molar-refractivity contribution < 1.29 is 42.9 Å². The van der Waals surface area contributed by atoms with Crippen molar-refractivity contribution in [3.63, 3.8) is 0 Å². The van der Waals surface area contributed by atoms with Crippen LogP contribution in [0.1, 0.15) is 73.4 Å². The summed E-state index contributed by atoms with van der Waals surface area (Å²) in [4.78, 5) is 67.4. The summed E-state index contributed by atoms with van der Waals surface area (Å²) >= 11 is 0. The van der Waals surface area contributed by atoms with E-state index in [2.05, 4.69) is 5.32 Å². The Labute approximate surface area is 284 Å². The van der Waals surface area contributed by atoms with E-state index >= 15 is 0 Å². The molecule has 0 aliphatic rings. The third-order valence-corrected chi connectivity index (χ3v) is 7.61. The number of benzene rings is 2. The van der Waals surface area contributed by atoms with Gasteiger partial charge in [-0.25, -0.2) is 14.4 Å². The summed E-state index contributed by atoms with van der Waals surface area (Å²) in [5, 5.41) is 2.63. The predicted octanol–water partition coefficient (Wildman–Crippen LogP) is 5.48. The third-order valence-electron chi connectivity index (χ3n) is 7.61. The molecule has 2 amide bonds. The van der Waals surface area contributed by atoms with Crippen LogP contribution in [0, 0.1) is 17.8 Å². The number of carbonyl (C=O) groups is 5. The highest BCUT2D eigenvalue weighted by molar-refractivity contribution is 5.90. The van der Waals surface area contributed by atoms with E-state index in [0.717, 1.165) is 11.1 Å². The number of esters is 3. The van der Waals surface area contributed by atoms with Crippen molar-refractivity contribution >= 4 is 29.9 Å². The first kappa shape index (κ1) is 39.8. The van der Waals surface area contributed by atoms with Crippen LogP contribution in [0.4, 0.5) is 4.79 Å². The molecule has 2 rings (SSSR count). The zero-order valence-electron chi connectivity index (χ0n) is 29.9. The molecule has 0 aromatic heterocycles. The topological polar surface area (TPSA) is 138 Å². The molecule has 1 N–H and O–H groups in total. The van der Waals surface area contributed by atoms with Crippen LogP contribution in [-0.4, -0.2) is 71.7 Å².